The van der Waals surface area contributed by atoms with Gasteiger partial charge in [-0.15, -0.1) is 0 Å². The van der Waals surface area contributed by atoms with E-state index in [1.165, 1.54) is 0 Å². The number of rotatable bonds is 5. The van der Waals surface area contributed by atoms with E-state index in [9.17, 15) is 0 Å². The number of piperidine rings is 1. The predicted molar refractivity (Wildman–Crippen MR) is 98.0 cm³/mol. The Hall–Kier alpha value is -2.52. The normalized spacial score (nSPS) is 16.5. The molecule has 1 aliphatic heterocycles. The molecule has 3 aromatic rings. The highest BCUT2D eigenvalue weighted by Gasteiger charge is 2.23. The molecule has 26 heavy (non-hydrogen) atoms. The summed E-state index contributed by atoms with van der Waals surface area (Å²) in [6, 6.07) is 0. The Labute approximate surface area is 151 Å². The number of nitrogens with two attached hydrogens (primary N) is 2. The maximum atomic E-state index is 5.88. The number of anilines is 1. The van der Waals surface area contributed by atoms with Crippen LogP contribution in [-0.4, -0.2) is 49.4 Å². The molecule has 0 spiro atoms. The predicted octanol–water partition coefficient (Wildman–Crippen LogP) is 1.25. The molecular formula is C17H24N8O. The molecule has 0 radical (unpaired) electrons. The molecule has 0 atom stereocenters. The number of hydrogen-bond donors (Lipinski definition) is 2. The van der Waals surface area contributed by atoms with Crippen molar-refractivity contribution in [3.63, 3.8) is 0 Å². The summed E-state index contributed by atoms with van der Waals surface area (Å²) in [5, 5.41) is 7.59. The lowest BCUT2D eigenvalue weighted by Gasteiger charge is -2.31. The molecule has 9 heteroatoms. The second-order valence-corrected chi connectivity index (χ2v) is 6.80. The highest BCUT2D eigenvalue weighted by Crippen LogP contribution is 2.29. The summed E-state index contributed by atoms with van der Waals surface area (Å²) in [5.74, 6) is 1.56. The van der Waals surface area contributed by atoms with Gasteiger partial charge in [-0.2, -0.15) is 0 Å². The zero-order chi connectivity index (χ0) is 18.1. The molecule has 4 N–H and O–H groups in total. The van der Waals surface area contributed by atoms with Crippen LogP contribution in [0.1, 0.15) is 25.3 Å². The number of hydrogen-bond acceptors (Lipinski definition) is 8. The largest absolute Gasteiger partial charge is 0.379 e. The molecule has 0 aromatic carbocycles. The standard InChI is InChI=1S/C17H24N8O/c1-2-25-15-12(10-24-5-3-11(7-18)4-6-24)8-20-9-13(15)21-17(25)14-16(19)23-26-22-14/h8-9,11H,2-7,10,18H2,1H3,(H2,19,23). The molecule has 138 valence electrons. The molecular weight excluding hydrogens is 332 g/mol. The molecule has 0 bridgehead atoms. The topological polar surface area (TPSA) is 125 Å². The van der Waals surface area contributed by atoms with Crippen LogP contribution in [0.3, 0.4) is 0 Å². The maximum absolute atomic E-state index is 5.88. The molecule has 1 saturated heterocycles. The van der Waals surface area contributed by atoms with Gasteiger partial charge in [-0.25, -0.2) is 9.61 Å². The zero-order valence-electron chi connectivity index (χ0n) is 14.9. The Morgan fingerprint density at radius 3 is 2.69 bits per heavy atom. The molecule has 4 rings (SSSR count). The van der Waals surface area contributed by atoms with Gasteiger partial charge in [0.1, 0.15) is 5.52 Å². The van der Waals surface area contributed by atoms with E-state index in [0.29, 0.717) is 17.4 Å². The fraction of sp³-hybridized carbons (Fsp3) is 0.529. The quantitative estimate of drug-likeness (QED) is 0.700. The van der Waals surface area contributed by atoms with Gasteiger partial charge in [0.15, 0.2) is 17.3 Å². The summed E-state index contributed by atoms with van der Waals surface area (Å²) in [4.78, 5) is 11.5. The highest BCUT2D eigenvalue weighted by molar-refractivity contribution is 5.83. The molecule has 0 amide bonds. The minimum Gasteiger partial charge on any atom is -0.379 e. The number of aryl methyl sites for hydroxylation is 1. The summed E-state index contributed by atoms with van der Waals surface area (Å²) in [6.07, 6.45) is 6.01. The van der Waals surface area contributed by atoms with Crippen LogP contribution in [0.15, 0.2) is 17.0 Å². The van der Waals surface area contributed by atoms with Crippen LogP contribution in [0.2, 0.25) is 0 Å². The van der Waals surface area contributed by atoms with E-state index >= 15 is 0 Å². The van der Waals surface area contributed by atoms with Crippen LogP contribution in [-0.2, 0) is 13.1 Å². The molecule has 1 fully saturated rings. The van der Waals surface area contributed by atoms with Crippen molar-refractivity contribution in [2.75, 3.05) is 25.4 Å². The lowest BCUT2D eigenvalue weighted by molar-refractivity contribution is 0.181. The van der Waals surface area contributed by atoms with E-state index < -0.39 is 0 Å². The molecule has 0 unspecified atom stereocenters. The van der Waals surface area contributed by atoms with Crippen LogP contribution in [0, 0.1) is 5.92 Å². The first-order valence-electron chi connectivity index (χ1n) is 9.05. The van der Waals surface area contributed by atoms with Crippen molar-refractivity contribution in [1.82, 2.24) is 29.7 Å². The van der Waals surface area contributed by atoms with E-state index in [1.54, 1.807) is 6.20 Å². The lowest BCUT2D eigenvalue weighted by Crippen LogP contribution is -2.35. The molecule has 1 aliphatic rings. The second-order valence-electron chi connectivity index (χ2n) is 6.80. The first kappa shape index (κ1) is 16.9. The van der Waals surface area contributed by atoms with Gasteiger partial charge in [-0.1, -0.05) is 0 Å². The summed E-state index contributed by atoms with van der Waals surface area (Å²) < 4.78 is 6.86. The van der Waals surface area contributed by atoms with Crippen molar-refractivity contribution in [1.29, 1.82) is 0 Å². The van der Waals surface area contributed by atoms with Crippen molar-refractivity contribution in [2.24, 2.45) is 11.7 Å². The van der Waals surface area contributed by atoms with Crippen molar-refractivity contribution in [2.45, 2.75) is 32.9 Å². The second kappa shape index (κ2) is 7.00. The van der Waals surface area contributed by atoms with Crippen LogP contribution >= 0.6 is 0 Å². The monoisotopic (exact) mass is 356 g/mol. The zero-order valence-corrected chi connectivity index (χ0v) is 14.9. The molecule has 9 nitrogen and oxygen atoms in total. The number of nitrogen functional groups attached to an aromatic ring is 1. The summed E-state index contributed by atoms with van der Waals surface area (Å²) >= 11 is 0. The molecule has 0 aliphatic carbocycles. The number of nitrogens with zero attached hydrogens (tertiary/aromatic N) is 6. The number of pyridine rings is 1. The minimum absolute atomic E-state index is 0.244. The van der Waals surface area contributed by atoms with E-state index in [1.807, 2.05) is 6.20 Å². The van der Waals surface area contributed by atoms with Gasteiger partial charge >= 0.3 is 0 Å². The number of fused-ring (bicyclic) bond motifs is 1. The Bertz CT molecular complexity index is 893. The SMILES string of the molecule is CCn1c(-c2nonc2N)nc2cncc(CN3CCC(CN)CC3)c21. The lowest BCUT2D eigenvalue weighted by atomic mass is 9.97. The van der Waals surface area contributed by atoms with Crippen LogP contribution in [0.25, 0.3) is 22.6 Å². The smallest absolute Gasteiger partial charge is 0.199 e. The third-order valence-electron chi connectivity index (χ3n) is 5.20. The fourth-order valence-corrected chi connectivity index (χ4v) is 3.73. The molecule has 0 saturated carbocycles. The molecule has 3 aromatic heterocycles. The van der Waals surface area contributed by atoms with Gasteiger partial charge in [-0.3, -0.25) is 9.88 Å². The van der Waals surface area contributed by atoms with E-state index in [2.05, 4.69) is 36.7 Å². The van der Waals surface area contributed by atoms with E-state index in [4.69, 9.17) is 16.1 Å². The summed E-state index contributed by atoms with van der Waals surface area (Å²) in [6.45, 7) is 6.57. The Morgan fingerprint density at radius 2 is 2.04 bits per heavy atom. The number of imidazole rings is 1. The van der Waals surface area contributed by atoms with Gasteiger partial charge in [0, 0.05) is 24.8 Å². The summed E-state index contributed by atoms with van der Waals surface area (Å²) in [7, 11) is 0. The Kier molecular flexibility index (Phi) is 4.56. The Balaban J connectivity index is 1.70. The van der Waals surface area contributed by atoms with Crippen molar-refractivity contribution in [3.05, 3.63) is 18.0 Å². The first-order valence-corrected chi connectivity index (χ1v) is 9.05. The Morgan fingerprint density at radius 1 is 1.23 bits per heavy atom. The minimum atomic E-state index is 0.244. The molecule has 4 heterocycles. The van der Waals surface area contributed by atoms with E-state index in [-0.39, 0.29) is 5.82 Å². The average Bonchev–Trinajstić information content (AvgIpc) is 3.25. The highest BCUT2D eigenvalue weighted by atomic mass is 16.6. The van der Waals surface area contributed by atoms with Gasteiger partial charge in [-0.05, 0) is 55.6 Å². The van der Waals surface area contributed by atoms with Crippen molar-refractivity contribution in [3.8, 4) is 11.5 Å². The third kappa shape index (κ3) is 2.93. The average molecular weight is 356 g/mol. The number of likely N-dealkylation sites (tertiary alicyclic amines) is 1. The van der Waals surface area contributed by atoms with Gasteiger partial charge in [0.05, 0.1) is 11.7 Å². The maximum Gasteiger partial charge on any atom is 0.199 e. The van der Waals surface area contributed by atoms with E-state index in [0.717, 1.165) is 62.2 Å². The van der Waals surface area contributed by atoms with Gasteiger partial charge in [0.2, 0.25) is 0 Å². The van der Waals surface area contributed by atoms with Gasteiger partial charge < -0.3 is 16.0 Å². The fourth-order valence-electron chi connectivity index (χ4n) is 3.73. The summed E-state index contributed by atoms with van der Waals surface area (Å²) in [5.41, 5.74) is 15.2. The van der Waals surface area contributed by atoms with Crippen LogP contribution < -0.4 is 11.5 Å². The van der Waals surface area contributed by atoms with Crippen molar-refractivity contribution >= 4 is 16.9 Å². The first-order chi connectivity index (χ1) is 12.7. The van der Waals surface area contributed by atoms with Crippen LogP contribution in [0.4, 0.5) is 5.82 Å². The van der Waals surface area contributed by atoms with Crippen molar-refractivity contribution < 1.29 is 4.63 Å². The number of aromatic nitrogens is 5. The van der Waals surface area contributed by atoms with Gasteiger partial charge in [0.25, 0.3) is 0 Å². The van der Waals surface area contributed by atoms with Crippen LogP contribution in [0.5, 0.6) is 0 Å². The third-order valence-corrected chi connectivity index (χ3v) is 5.20.